The smallest absolute Gasteiger partial charge is 0.128 e. The molecule has 1 heterocycles. The Morgan fingerprint density at radius 3 is 2.85 bits per heavy atom. The molecule has 20 heavy (non-hydrogen) atoms. The minimum atomic E-state index is -0.713. The number of aliphatic hydroxyl groups excluding tert-OH is 1. The van der Waals surface area contributed by atoms with E-state index < -0.39 is 6.10 Å². The van der Waals surface area contributed by atoms with Gasteiger partial charge in [0.05, 0.1) is 6.61 Å². The van der Waals surface area contributed by atoms with Crippen LogP contribution in [0.25, 0.3) is 0 Å². The van der Waals surface area contributed by atoms with E-state index in [4.69, 9.17) is 16.3 Å². The second-order valence-corrected chi connectivity index (χ2v) is 6.32. The van der Waals surface area contributed by atoms with Crippen LogP contribution in [0.3, 0.4) is 0 Å². The molecule has 0 aliphatic carbocycles. The first-order chi connectivity index (χ1) is 9.56. The van der Waals surface area contributed by atoms with E-state index in [1.807, 2.05) is 37.3 Å². The van der Waals surface area contributed by atoms with Crippen LogP contribution in [0.15, 0.2) is 34.8 Å². The summed E-state index contributed by atoms with van der Waals surface area (Å²) in [6, 6.07) is 9.54. The summed E-state index contributed by atoms with van der Waals surface area (Å²) in [7, 11) is 0. The van der Waals surface area contributed by atoms with E-state index in [1.54, 1.807) is 0 Å². The van der Waals surface area contributed by atoms with Gasteiger partial charge in [0.1, 0.15) is 11.9 Å². The highest BCUT2D eigenvalue weighted by molar-refractivity contribution is 9.10. The van der Waals surface area contributed by atoms with Gasteiger partial charge in [0, 0.05) is 21.5 Å². The van der Waals surface area contributed by atoms with Crippen LogP contribution in [0, 0.1) is 6.92 Å². The molecule has 1 atom stereocenters. The summed E-state index contributed by atoms with van der Waals surface area (Å²) in [5.74, 6) is 0.813. The molecule has 0 amide bonds. The Morgan fingerprint density at radius 1 is 1.30 bits per heavy atom. The van der Waals surface area contributed by atoms with Crippen molar-refractivity contribution in [3.63, 3.8) is 0 Å². The van der Waals surface area contributed by atoms with E-state index in [0.29, 0.717) is 11.6 Å². The third kappa shape index (κ3) is 2.46. The first-order valence-electron chi connectivity index (χ1n) is 6.45. The highest BCUT2D eigenvalue weighted by Crippen LogP contribution is 2.39. The molecule has 1 aliphatic heterocycles. The lowest BCUT2D eigenvalue weighted by Crippen LogP contribution is -2.03. The maximum atomic E-state index is 10.7. The maximum absolute atomic E-state index is 10.7. The first-order valence-corrected chi connectivity index (χ1v) is 7.62. The van der Waals surface area contributed by atoms with Crippen molar-refractivity contribution in [3.8, 4) is 5.75 Å². The number of aliphatic hydroxyl groups is 1. The van der Waals surface area contributed by atoms with Crippen LogP contribution in [-0.2, 0) is 6.42 Å². The number of hydrogen-bond acceptors (Lipinski definition) is 2. The zero-order chi connectivity index (χ0) is 14.3. The Morgan fingerprint density at radius 2 is 2.10 bits per heavy atom. The number of aryl methyl sites for hydroxylation is 1. The predicted octanol–water partition coefficient (Wildman–Crippen LogP) is 4.43. The molecule has 0 fully saturated rings. The average molecular weight is 354 g/mol. The maximum Gasteiger partial charge on any atom is 0.128 e. The largest absolute Gasteiger partial charge is 0.493 e. The second kappa shape index (κ2) is 5.40. The monoisotopic (exact) mass is 352 g/mol. The molecule has 1 unspecified atom stereocenters. The normalized spacial score (nSPS) is 14.8. The predicted molar refractivity (Wildman–Crippen MR) is 83.6 cm³/mol. The lowest BCUT2D eigenvalue weighted by molar-refractivity contribution is 0.213. The number of halogens is 2. The summed E-state index contributed by atoms with van der Waals surface area (Å²) in [6.45, 7) is 2.60. The third-order valence-electron chi connectivity index (χ3n) is 3.57. The molecule has 104 valence electrons. The van der Waals surface area contributed by atoms with Crippen LogP contribution in [-0.4, -0.2) is 11.7 Å². The Labute approximate surface area is 131 Å². The number of fused-ring (bicyclic) bond motifs is 1. The standard InChI is InChI=1S/C16H14BrClO2/c1-9-6-10(2-3-14(9)18)15(19)13-8-12(17)7-11-4-5-20-16(11)13/h2-3,6-8,15,19H,4-5H2,1H3. The van der Waals surface area contributed by atoms with Gasteiger partial charge in [-0.05, 0) is 41.8 Å². The second-order valence-electron chi connectivity index (χ2n) is 4.99. The van der Waals surface area contributed by atoms with Gasteiger partial charge >= 0.3 is 0 Å². The summed E-state index contributed by atoms with van der Waals surface area (Å²) in [4.78, 5) is 0. The molecule has 0 aromatic heterocycles. The Hall–Kier alpha value is -1.03. The molecule has 1 aliphatic rings. The quantitative estimate of drug-likeness (QED) is 0.865. The Bertz CT molecular complexity index is 670. The molecule has 2 nitrogen and oxygen atoms in total. The molecule has 0 spiro atoms. The highest BCUT2D eigenvalue weighted by Gasteiger charge is 2.23. The van der Waals surface area contributed by atoms with Crippen LogP contribution < -0.4 is 4.74 Å². The van der Waals surface area contributed by atoms with Crippen molar-refractivity contribution in [1.82, 2.24) is 0 Å². The zero-order valence-corrected chi connectivity index (χ0v) is 13.3. The van der Waals surface area contributed by atoms with Crippen LogP contribution in [0.5, 0.6) is 5.75 Å². The number of ether oxygens (including phenoxy) is 1. The summed E-state index contributed by atoms with van der Waals surface area (Å²) in [5, 5.41) is 11.4. The van der Waals surface area contributed by atoms with Crippen molar-refractivity contribution in [2.45, 2.75) is 19.4 Å². The molecule has 2 aromatic carbocycles. The lowest BCUT2D eigenvalue weighted by atomic mass is 9.97. The molecule has 1 N–H and O–H groups in total. The van der Waals surface area contributed by atoms with E-state index >= 15 is 0 Å². The fourth-order valence-electron chi connectivity index (χ4n) is 2.52. The van der Waals surface area contributed by atoms with Crippen molar-refractivity contribution in [1.29, 1.82) is 0 Å². The van der Waals surface area contributed by atoms with Gasteiger partial charge in [0.2, 0.25) is 0 Å². The van der Waals surface area contributed by atoms with Crippen LogP contribution in [0.2, 0.25) is 5.02 Å². The van der Waals surface area contributed by atoms with Crippen LogP contribution >= 0.6 is 27.5 Å². The van der Waals surface area contributed by atoms with Gasteiger partial charge < -0.3 is 9.84 Å². The summed E-state index contributed by atoms with van der Waals surface area (Å²) in [5.41, 5.74) is 3.71. The number of hydrogen-bond donors (Lipinski definition) is 1. The van der Waals surface area contributed by atoms with Crippen molar-refractivity contribution >= 4 is 27.5 Å². The van der Waals surface area contributed by atoms with Crippen molar-refractivity contribution in [3.05, 3.63) is 62.1 Å². The summed E-state index contributed by atoms with van der Waals surface area (Å²) >= 11 is 9.53. The Balaban J connectivity index is 2.06. The number of rotatable bonds is 2. The third-order valence-corrected chi connectivity index (χ3v) is 4.45. The molecule has 2 aromatic rings. The van der Waals surface area contributed by atoms with E-state index in [9.17, 15) is 5.11 Å². The minimum Gasteiger partial charge on any atom is -0.493 e. The van der Waals surface area contributed by atoms with Gasteiger partial charge in [-0.15, -0.1) is 0 Å². The SMILES string of the molecule is Cc1cc(C(O)c2cc(Br)cc3c2OCC3)ccc1Cl. The van der Waals surface area contributed by atoms with Gasteiger partial charge in [0.25, 0.3) is 0 Å². The fourth-order valence-corrected chi connectivity index (χ4v) is 3.16. The van der Waals surface area contributed by atoms with Gasteiger partial charge in [0.15, 0.2) is 0 Å². The van der Waals surface area contributed by atoms with E-state index in [1.165, 1.54) is 0 Å². The van der Waals surface area contributed by atoms with Gasteiger partial charge in [-0.2, -0.15) is 0 Å². The highest BCUT2D eigenvalue weighted by atomic mass is 79.9. The Kier molecular flexibility index (Phi) is 3.76. The molecule has 3 rings (SSSR count). The molecular formula is C16H14BrClO2. The zero-order valence-electron chi connectivity index (χ0n) is 11.0. The fraction of sp³-hybridized carbons (Fsp3) is 0.250. The molecular weight excluding hydrogens is 340 g/mol. The van der Waals surface area contributed by atoms with Crippen molar-refractivity contribution in [2.75, 3.05) is 6.61 Å². The molecule has 0 radical (unpaired) electrons. The molecule has 0 bridgehead atoms. The van der Waals surface area contributed by atoms with Gasteiger partial charge in [-0.25, -0.2) is 0 Å². The topological polar surface area (TPSA) is 29.5 Å². The van der Waals surface area contributed by atoms with Crippen LogP contribution in [0.4, 0.5) is 0 Å². The van der Waals surface area contributed by atoms with Gasteiger partial charge in [-0.1, -0.05) is 39.7 Å². The lowest BCUT2D eigenvalue weighted by Gasteiger charge is -2.16. The van der Waals surface area contributed by atoms with E-state index in [0.717, 1.165) is 38.9 Å². The summed E-state index contributed by atoms with van der Waals surface area (Å²) in [6.07, 6.45) is 0.170. The summed E-state index contributed by atoms with van der Waals surface area (Å²) < 4.78 is 6.63. The number of benzene rings is 2. The average Bonchev–Trinajstić information content (AvgIpc) is 2.88. The van der Waals surface area contributed by atoms with E-state index in [2.05, 4.69) is 15.9 Å². The molecule has 0 saturated heterocycles. The first kappa shape index (κ1) is 13.9. The van der Waals surface area contributed by atoms with Gasteiger partial charge in [-0.3, -0.25) is 0 Å². The van der Waals surface area contributed by atoms with Crippen molar-refractivity contribution in [2.24, 2.45) is 0 Å². The molecule has 0 saturated carbocycles. The van der Waals surface area contributed by atoms with Crippen molar-refractivity contribution < 1.29 is 9.84 Å². The van der Waals surface area contributed by atoms with E-state index in [-0.39, 0.29) is 0 Å². The minimum absolute atomic E-state index is 0.672. The van der Waals surface area contributed by atoms with Crippen LogP contribution in [0.1, 0.15) is 28.4 Å². The molecule has 4 heteroatoms.